The molecule has 6 nitrogen and oxygen atoms in total. The number of carbonyl (C=O) groups excluding carboxylic acids is 1. The first-order valence-corrected chi connectivity index (χ1v) is 10.1. The van der Waals surface area contributed by atoms with Crippen LogP contribution in [0, 0.1) is 0 Å². The number of nitrogens with zero attached hydrogens (tertiary/aromatic N) is 2. The maximum absolute atomic E-state index is 12.2. The summed E-state index contributed by atoms with van der Waals surface area (Å²) in [5.74, 6) is -0.0710. The van der Waals surface area contributed by atoms with Crippen LogP contribution in [0.4, 0.5) is 5.69 Å². The van der Waals surface area contributed by atoms with Crippen molar-refractivity contribution >= 4 is 21.4 Å². The molecule has 1 fully saturated rings. The van der Waals surface area contributed by atoms with E-state index in [9.17, 15) is 13.2 Å². The molecule has 1 aromatic carbocycles. The molecule has 1 aromatic heterocycles. The minimum absolute atomic E-state index is 0.0710. The highest BCUT2D eigenvalue weighted by molar-refractivity contribution is 7.90. The van der Waals surface area contributed by atoms with Gasteiger partial charge in [0.25, 0.3) is 5.91 Å². The third-order valence-electron chi connectivity index (χ3n) is 4.40. The van der Waals surface area contributed by atoms with Crippen LogP contribution in [0.3, 0.4) is 0 Å². The topological polar surface area (TPSA) is 79.4 Å². The molecule has 0 radical (unpaired) electrons. The van der Waals surface area contributed by atoms with Crippen LogP contribution >= 0.6 is 0 Å². The highest BCUT2D eigenvalue weighted by Crippen LogP contribution is 2.22. The Balaban J connectivity index is 1.56. The van der Waals surface area contributed by atoms with Gasteiger partial charge in [-0.15, -0.1) is 0 Å². The molecule has 0 spiro atoms. The molecule has 1 saturated heterocycles. The summed E-state index contributed by atoms with van der Waals surface area (Å²) in [6.45, 7) is 1.64. The summed E-state index contributed by atoms with van der Waals surface area (Å²) in [6.07, 6.45) is 6.13. The lowest BCUT2D eigenvalue weighted by Crippen LogP contribution is -2.44. The van der Waals surface area contributed by atoms with Gasteiger partial charge in [0, 0.05) is 49.0 Å². The lowest BCUT2D eigenvalue weighted by Gasteiger charge is -2.34. The number of hydrogen-bond acceptors (Lipinski definition) is 5. The van der Waals surface area contributed by atoms with Crippen LogP contribution < -0.4 is 10.2 Å². The summed E-state index contributed by atoms with van der Waals surface area (Å²) in [6, 6.07) is 10.5. The van der Waals surface area contributed by atoms with Crippen molar-refractivity contribution in [1.29, 1.82) is 0 Å². The van der Waals surface area contributed by atoms with E-state index >= 15 is 0 Å². The number of sulfone groups is 1. The maximum Gasteiger partial charge on any atom is 0.251 e. The summed E-state index contributed by atoms with van der Waals surface area (Å²) in [5.41, 5.74) is 1.63. The van der Waals surface area contributed by atoms with Gasteiger partial charge in [-0.2, -0.15) is 0 Å². The number of hydrogen-bond donors (Lipinski definition) is 1. The monoisotopic (exact) mass is 359 g/mol. The number of carbonyl (C=O) groups is 1. The minimum Gasteiger partial charge on any atom is -0.371 e. The Morgan fingerprint density at radius 2 is 1.68 bits per heavy atom. The maximum atomic E-state index is 12.2. The number of rotatable bonds is 4. The molecule has 3 rings (SSSR count). The van der Waals surface area contributed by atoms with E-state index in [4.69, 9.17) is 0 Å². The van der Waals surface area contributed by atoms with Crippen LogP contribution in [0.1, 0.15) is 23.2 Å². The van der Waals surface area contributed by atoms with Gasteiger partial charge in [-0.25, -0.2) is 8.42 Å². The average molecular weight is 359 g/mol. The number of aromatic nitrogens is 1. The van der Waals surface area contributed by atoms with Gasteiger partial charge in [-0.05, 0) is 49.2 Å². The normalized spacial score (nSPS) is 15.8. The van der Waals surface area contributed by atoms with Crippen LogP contribution in [0.5, 0.6) is 0 Å². The smallest absolute Gasteiger partial charge is 0.251 e. The molecule has 2 heterocycles. The zero-order chi connectivity index (χ0) is 17.9. The van der Waals surface area contributed by atoms with Gasteiger partial charge in [0.05, 0.1) is 4.90 Å². The van der Waals surface area contributed by atoms with Crippen molar-refractivity contribution in [2.75, 3.05) is 24.2 Å². The SMILES string of the molecule is CS(=O)(=O)c1ccc(N2CCC(NC(=O)c3ccncc3)CC2)cc1. The number of amides is 1. The molecule has 2 aromatic rings. The number of benzene rings is 1. The summed E-state index contributed by atoms with van der Waals surface area (Å²) >= 11 is 0. The lowest BCUT2D eigenvalue weighted by atomic mass is 10.0. The minimum atomic E-state index is -3.17. The van der Waals surface area contributed by atoms with E-state index in [1.165, 1.54) is 6.26 Å². The fourth-order valence-electron chi connectivity index (χ4n) is 2.96. The largest absolute Gasteiger partial charge is 0.371 e. The van der Waals surface area contributed by atoms with Crippen LogP contribution in [-0.2, 0) is 9.84 Å². The van der Waals surface area contributed by atoms with Crippen molar-refractivity contribution in [3.8, 4) is 0 Å². The van der Waals surface area contributed by atoms with Crippen LogP contribution in [-0.4, -0.2) is 44.7 Å². The van der Waals surface area contributed by atoms with Crippen molar-refractivity contribution in [3.63, 3.8) is 0 Å². The number of piperidine rings is 1. The van der Waals surface area contributed by atoms with Crippen molar-refractivity contribution in [1.82, 2.24) is 10.3 Å². The first kappa shape index (κ1) is 17.4. The van der Waals surface area contributed by atoms with E-state index in [1.54, 1.807) is 36.7 Å². The molecule has 1 amide bonds. The molecular weight excluding hydrogens is 338 g/mol. The first-order chi connectivity index (χ1) is 11.9. The van der Waals surface area contributed by atoms with Crippen molar-refractivity contribution in [3.05, 3.63) is 54.4 Å². The molecule has 1 aliphatic rings. The van der Waals surface area contributed by atoms with E-state index in [1.807, 2.05) is 12.1 Å². The second kappa shape index (κ2) is 7.23. The van der Waals surface area contributed by atoms with E-state index in [0.29, 0.717) is 10.5 Å². The Bertz CT molecular complexity index is 828. The van der Waals surface area contributed by atoms with Crippen molar-refractivity contribution in [2.45, 2.75) is 23.8 Å². The predicted octanol–water partition coefficient (Wildman–Crippen LogP) is 1.88. The van der Waals surface area contributed by atoms with Gasteiger partial charge < -0.3 is 10.2 Å². The van der Waals surface area contributed by atoms with Crippen molar-refractivity contribution < 1.29 is 13.2 Å². The Kier molecular flexibility index (Phi) is 5.03. The summed E-state index contributed by atoms with van der Waals surface area (Å²) < 4.78 is 23.1. The molecule has 0 atom stereocenters. The number of anilines is 1. The second-order valence-corrected chi connectivity index (χ2v) is 8.25. The Hall–Kier alpha value is -2.41. The molecule has 0 unspecified atom stereocenters. The summed E-state index contributed by atoms with van der Waals surface area (Å²) in [5, 5.41) is 3.06. The van der Waals surface area contributed by atoms with Gasteiger partial charge in [0.15, 0.2) is 9.84 Å². The van der Waals surface area contributed by atoms with Gasteiger partial charge in [-0.3, -0.25) is 9.78 Å². The quantitative estimate of drug-likeness (QED) is 0.902. The molecule has 1 N–H and O–H groups in total. The summed E-state index contributed by atoms with van der Waals surface area (Å²) in [7, 11) is -3.17. The molecule has 0 saturated carbocycles. The molecular formula is C18H21N3O3S. The highest BCUT2D eigenvalue weighted by Gasteiger charge is 2.21. The van der Waals surface area contributed by atoms with Crippen molar-refractivity contribution in [2.24, 2.45) is 0 Å². The molecule has 1 aliphatic heterocycles. The first-order valence-electron chi connectivity index (χ1n) is 8.19. The van der Waals surface area contributed by atoms with E-state index in [-0.39, 0.29) is 11.9 Å². The molecule has 0 bridgehead atoms. The summed E-state index contributed by atoms with van der Waals surface area (Å²) in [4.78, 5) is 18.6. The predicted molar refractivity (Wildman–Crippen MR) is 96.5 cm³/mol. The highest BCUT2D eigenvalue weighted by atomic mass is 32.2. The lowest BCUT2D eigenvalue weighted by molar-refractivity contribution is 0.0931. The fraction of sp³-hybridized carbons (Fsp3) is 0.333. The van der Waals surface area contributed by atoms with E-state index in [0.717, 1.165) is 31.6 Å². The standard InChI is InChI=1S/C18H21N3O3S/c1-25(23,24)17-4-2-16(3-5-17)21-12-8-15(9-13-21)20-18(22)14-6-10-19-11-7-14/h2-7,10-11,15H,8-9,12-13H2,1H3,(H,20,22). The second-order valence-electron chi connectivity index (χ2n) is 6.24. The number of nitrogens with one attached hydrogen (secondary N) is 1. The zero-order valence-electron chi connectivity index (χ0n) is 14.1. The van der Waals surface area contributed by atoms with Gasteiger partial charge in [0.1, 0.15) is 0 Å². The van der Waals surface area contributed by atoms with E-state index < -0.39 is 9.84 Å². The Morgan fingerprint density at radius 3 is 2.24 bits per heavy atom. The average Bonchev–Trinajstić information content (AvgIpc) is 2.62. The fourth-order valence-corrected chi connectivity index (χ4v) is 3.59. The number of pyridine rings is 1. The Morgan fingerprint density at radius 1 is 1.08 bits per heavy atom. The Labute approximate surface area is 147 Å². The van der Waals surface area contributed by atoms with Crippen LogP contribution in [0.15, 0.2) is 53.7 Å². The van der Waals surface area contributed by atoms with Gasteiger partial charge in [-0.1, -0.05) is 0 Å². The van der Waals surface area contributed by atoms with Gasteiger partial charge >= 0.3 is 0 Å². The van der Waals surface area contributed by atoms with E-state index in [2.05, 4.69) is 15.2 Å². The van der Waals surface area contributed by atoms with Crippen LogP contribution in [0.25, 0.3) is 0 Å². The zero-order valence-corrected chi connectivity index (χ0v) is 14.9. The molecule has 7 heteroatoms. The molecule has 0 aliphatic carbocycles. The molecule has 25 heavy (non-hydrogen) atoms. The third-order valence-corrected chi connectivity index (χ3v) is 5.53. The molecule has 132 valence electrons. The van der Waals surface area contributed by atoms with Gasteiger partial charge in [0.2, 0.25) is 0 Å². The third kappa shape index (κ3) is 4.36. The van der Waals surface area contributed by atoms with Crippen LogP contribution in [0.2, 0.25) is 0 Å².